The van der Waals surface area contributed by atoms with Gasteiger partial charge < -0.3 is 14.8 Å². The van der Waals surface area contributed by atoms with Crippen molar-refractivity contribution in [3.05, 3.63) is 56.4 Å². The lowest BCUT2D eigenvalue weighted by Gasteiger charge is -2.31. The van der Waals surface area contributed by atoms with Crippen molar-refractivity contribution in [3.63, 3.8) is 0 Å². The molecule has 2 aliphatic rings. The topological polar surface area (TPSA) is 69.3 Å². The molecule has 5 rings (SSSR count). The second kappa shape index (κ2) is 9.89. The van der Waals surface area contributed by atoms with Gasteiger partial charge in [-0.15, -0.1) is 23.1 Å². The first-order valence-electron chi connectivity index (χ1n) is 11.8. The van der Waals surface area contributed by atoms with Crippen molar-refractivity contribution in [1.82, 2.24) is 14.9 Å². The van der Waals surface area contributed by atoms with Crippen molar-refractivity contribution in [1.29, 1.82) is 0 Å². The number of aromatic amines is 1. The summed E-state index contributed by atoms with van der Waals surface area (Å²) >= 11 is 3.16. The van der Waals surface area contributed by atoms with Gasteiger partial charge in [0.2, 0.25) is 5.91 Å². The minimum Gasteiger partial charge on any atom is -0.371 e. The Morgan fingerprint density at radius 3 is 2.85 bits per heavy atom. The van der Waals surface area contributed by atoms with Gasteiger partial charge in [-0.3, -0.25) is 9.59 Å². The highest BCUT2D eigenvalue weighted by atomic mass is 32.2. The third-order valence-corrected chi connectivity index (χ3v) is 8.72. The number of piperidine rings is 1. The van der Waals surface area contributed by atoms with Crippen molar-refractivity contribution in [2.24, 2.45) is 0 Å². The summed E-state index contributed by atoms with van der Waals surface area (Å²) in [6.45, 7) is 2.79. The van der Waals surface area contributed by atoms with Crippen LogP contribution in [0.2, 0.25) is 0 Å². The Kier molecular flexibility index (Phi) is 6.74. The number of thioether (sulfide) groups is 1. The van der Waals surface area contributed by atoms with Crippen molar-refractivity contribution in [2.45, 2.75) is 50.8 Å². The number of para-hydroxylation sites is 1. The molecule has 0 spiro atoms. The minimum absolute atomic E-state index is 0.0345. The zero-order chi connectivity index (χ0) is 22.8. The van der Waals surface area contributed by atoms with E-state index in [1.54, 1.807) is 16.2 Å². The molecule has 0 saturated carbocycles. The molecule has 1 aliphatic carbocycles. The van der Waals surface area contributed by atoms with Gasteiger partial charge in [0.05, 0.1) is 16.9 Å². The molecule has 174 valence electrons. The van der Waals surface area contributed by atoms with E-state index in [9.17, 15) is 9.59 Å². The maximum absolute atomic E-state index is 12.8. The van der Waals surface area contributed by atoms with Crippen LogP contribution in [0.4, 0.5) is 5.69 Å². The Labute approximate surface area is 202 Å². The number of benzene rings is 1. The number of amides is 1. The van der Waals surface area contributed by atoms with E-state index in [1.165, 1.54) is 52.7 Å². The van der Waals surface area contributed by atoms with Gasteiger partial charge in [0.15, 0.2) is 0 Å². The number of thiophene rings is 1. The molecule has 3 aromatic rings. The molecular weight excluding hydrogens is 452 g/mol. The summed E-state index contributed by atoms with van der Waals surface area (Å²) in [4.78, 5) is 39.5. The Morgan fingerprint density at radius 2 is 2.00 bits per heavy atom. The fourth-order valence-electron chi connectivity index (χ4n) is 4.89. The molecule has 1 amide bonds. The lowest BCUT2D eigenvalue weighted by Crippen LogP contribution is -2.32. The molecule has 1 aromatic carbocycles. The minimum atomic E-state index is -0.0345. The highest BCUT2D eigenvalue weighted by molar-refractivity contribution is 7.99. The van der Waals surface area contributed by atoms with E-state index in [1.807, 2.05) is 7.05 Å². The molecule has 1 fully saturated rings. The highest BCUT2D eigenvalue weighted by Crippen LogP contribution is 2.34. The molecule has 0 radical (unpaired) electrons. The number of H-pyrrole nitrogens is 1. The molecule has 0 unspecified atom stereocenters. The SMILES string of the molecule is CN(Cc1ccccc1N1CCCCC1)C(=O)CSCc1nc2sc3c(c2c(=O)[nH]1)CCC3. The third kappa shape index (κ3) is 4.82. The number of anilines is 1. The van der Waals surface area contributed by atoms with E-state index in [2.05, 4.69) is 39.1 Å². The van der Waals surface area contributed by atoms with Crippen molar-refractivity contribution in [3.8, 4) is 0 Å². The van der Waals surface area contributed by atoms with Crippen LogP contribution in [0.5, 0.6) is 0 Å². The Bertz CT molecular complexity index is 1210. The number of aromatic nitrogens is 2. The number of hydrogen-bond donors (Lipinski definition) is 1. The van der Waals surface area contributed by atoms with Crippen LogP contribution in [0.3, 0.4) is 0 Å². The van der Waals surface area contributed by atoms with Gasteiger partial charge in [-0.05, 0) is 55.7 Å². The Hall–Kier alpha value is -2.32. The van der Waals surface area contributed by atoms with E-state index in [4.69, 9.17) is 0 Å². The molecule has 3 heterocycles. The summed E-state index contributed by atoms with van der Waals surface area (Å²) in [5.41, 5.74) is 3.61. The number of carbonyl (C=O) groups excluding carboxylic acids is 1. The van der Waals surface area contributed by atoms with Gasteiger partial charge in [0.1, 0.15) is 10.7 Å². The van der Waals surface area contributed by atoms with Crippen LogP contribution in [0.25, 0.3) is 10.2 Å². The highest BCUT2D eigenvalue weighted by Gasteiger charge is 2.21. The number of nitrogens with zero attached hydrogens (tertiary/aromatic N) is 3. The fourth-order valence-corrected chi connectivity index (χ4v) is 7.00. The summed E-state index contributed by atoms with van der Waals surface area (Å²) < 4.78 is 0. The predicted octanol–water partition coefficient (Wildman–Crippen LogP) is 4.36. The van der Waals surface area contributed by atoms with Gasteiger partial charge in [-0.2, -0.15) is 0 Å². The summed E-state index contributed by atoms with van der Waals surface area (Å²) in [5, 5.41) is 0.782. The number of rotatable bonds is 7. The number of nitrogens with one attached hydrogen (secondary N) is 1. The Morgan fingerprint density at radius 1 is 1.18 bits per heavy atom. The molecule has 0 atom stereocenters. The van der Waals surface area contributed by atoms with Crippen LogP contribution in [-0.2, 0) is 29.9 Å². The number of fused-ring (bicyclic) bond motifs is 3. The average Bonchev–Trinajstić information content (AvgIpc) is 3.41. The monoisotopic (exact) mass is 482 g/mol. The second-order valence-electron chi connectivity index (χ2n) is 8.97. The first-order valence-corrected chi connectivity index (χ1v) is 13.8. The van der Waals surface area contributed by atoms with Gasteiger partial charge in [0.25, 0.3) is 5.56 Å². The van der Waals surface area contributed by atoms with Crippen LogP contribution in [0, 0.1) is 0 Å². The van der Waals surface area contributed by atoms with Crippen LogP contribution in [0.1, 0.15) is 47.5 Å². The predicted molar refractivity (Wildman–Crippen MR) is 137 cm³/mol. The second-order valence-corrected chi connectivity index (χ2v) is 11.0. The standard InChI is InChI=1S/C25H30N4O2S2/c1-28(14-17-8-3-4-10-19(17)29-12-5-2-6-13-29)22(30)16-32-15-21-26-24(31)23-18-9-7-11-20(18)33-25(23)27-21/h3-4,8,10H,2,5-7,9,11-16H2,1H3,(H,26,27,31). The molecule has 1 saturated heterocycles. The lowest BCUT2D eigenvalue weighted by molar-refractivity contribution is -0.127. The van der Waals surface area contributed by atoms with E-state index in [0.29, 0.717) is 23.9 Å². The maximum atomic E-state index is 12.8. The molecule has 6 nitrogen and oxygen atoms in total. The van der Waals surface area contributed by atoms with Crippen LogP contribution in [0.15, 0.2) is 29.1 Å². The molecule has 1 aliphatic heterocycles. The normalized spacial score (nSPS) is 15.7. The number of aryl methyl sites for hydroxylation is 2. The van der Waals surface area contributed by atoms with E-state index in [0.717, 1.165) is 42.6 Å². The van der Waals surface area contributed by atoms with Crippen LogP contribution in [-0.4, -0.2) is 46.7 Å². The number of hydrogen-bond acceptors (Lipinski definition) is 6. The van der Waals surface area contributed by atoms with Gasteiger partial charge in [-0.25, -0.2) is 4.98 Å². The van der Waals surface area contributed by atoms with Crippen LogP contribution >= 0.6 is 23.1 Å². The number of carbonyl (C=O) groups is 1. The third-order valence-electron chi connectivity index (χ3n) is 6.61. The first-order chi connectivity index (χ1) is 16.1. The molecule has 8 heteroatoms. The van der Waals surface area contributed by atoms with Crippen LogP contribution < -0.4 is 10.5 Å². The van der Waals surface area contributed by atoms with E-state index < -0.39 is 0 Å². The molecule has 0 bridgehead atoms. The zero-order valence-electron chi connectivity index (χ0n) is 19.1. The summed E-state index contributed by atoms with van der Waals surface area (Å²) in [6.07, 6.45) is 6.94. The molecular formula is C25H30N4O2S2. The van der Waals surface area contributed by atoms with Crippen molar-refractivity contribution < 1.29 is 4.79 Å². The largest absolute Gasteiger partial charge is 0.371 e. The van der Waals surface area contributed by atoms with Crippen molar-refractivity contribution in [2.75, 3.05) is 30.8 Å². The molecule has 33 heavy (non-hydrogen) atoms. The fraction of sp³-hybridized carbons (Fsp3) is 0.480. The lowest BCUT2D eigenvalue weighted by atomic mass is 10.1. The first kappa shape index (κ1) is 22.5. The smallest absolute Gasteiger partial charge is 0.259 e. The summed E-state index contributed by atoms with van der Waals surface area (Å²) in [5.74, 6) is 1.64. The Balaban J connectivity index is 1.19. The zero-order valence-corrected chi connectivity index (χ0v) is 20.7. The molecule has 1 N–H and O–H groups in total. The summed E-state index contributed by atoms with van der Waals surface area (Å²) in [7, 11) is 1.87. The van der Waals surface area contributed by atoms with Gasteiger partial charge in [-0.1, -0.05) is 18.2 Å². The summed E-state index contributed by atoms with van der Waals surface area (Å²) in [6, 6.07) is 8.43. The van der Waals surface area contributed by atoms with E-state index in [-0.39, 0.29) is 11.5 Å². The maximum Gasteiger partial charge on any atom is 0.259 e. The quantitative estimate of drug-likeness (QED) is 0.542. The van der Waals surface area contributed by atoms with Gasteiger partial charge in [0, 0.05) is 37.2 Å². The van der Waals surface area contributed by atoms with Gasteiger partial charge >= 0.3 is 0 Å². The average molecular weight is 483 g/mol. The molecule has 2 aromatic heterocycles. The van der Waals surface area contributed by atoms with Crippen molar-refractivity contribution >= 4 is 44.9 Å². The van der Waals surface area contributed by atoms with E-state index >= 15 is 0 Å².